The average molecular weight is 765 g/mol. The second-order valence-electron chi connectivity index (χ2n) is 15.9. The van der Waals surface area contributed by atoms with Gasteiger partial charge in [-0.3, -0.25) is 18.9 Å². The lowest BCUT2D eigenvalue weighted by Gasteiger charge is -2.44. The van der Waals surface area contributed by atoms with Crippen molar-refractivity contribution in [2.75, 3.05) is 5.73 Å². The molecule has 3 heterocycles. The highest BCUT2D eigenvalue weighted by Gasteiger charge is 2.88. The molecule has 4 fully saturated rings. The van der Waals surface area contributed by atoms with Crippen LogP contribution in [0, 0.1) is 16.7 Å². The Morgan fingerprint density at radius 3 is 2.37 bits per heavy atom. The van der Waals surface area contributed by atoms with Gasteiger partial charge >= 0.3 is 25.7 Å². The van der Waals surface area contributed by atoms with Gasteiger partial charge in [-0.05, 0) is 73.3 Å². The summed E-state index contributed by atoms with van der Waals surface area (Å²) in [4.78, 5) is 42.8. The summed E-state index contributed by atoms with van der Waals surface area (Å²) < 4.78 is 52.2. The van der Waals surface area contributed by atoms with Gasteiger partial charge in [-0.2, -0.15) is 15.4 Å². The number of anilines is 1. The van der Waals surface area contributed by atoms with Gasteiger partial charge in [0.05, 0.1) is 5.69 Å². The van der Waals surface area contributed by atoms with Gasteiger partial charge in [0.15, 0.2) is 11.9 Å². The first-order valence-electron chi connectivity index (χ1n) is 18.1. The fraction of sp³-hybridized carbons (Fsp3) is 0.568. The Balaban J connectivity index is 1.20. The molecule has 0 radical (unpaired) electrons. The van der Waals surface area contributed by atoms with Crippen molar-refractivity contribution in [2.24, 2.45) is 5.41 Å². The first kappa shape index (κ1) is 37.8. The lowest BCUT2D eigenvalue weighted by molar-refractivity contribution is -0.181. The number of ether oxygens (including phenoxy) is 4. The number of nitrogens with one attached hydrogen (secondary N) is 1. The van der Waals surface area contributed by atoms with Crippen molar-refractivity contribution in [2.45, 2.75) is 127 Å². The number of nitrogens with zero attached hydrogens (tertiary/aromatic N) is 4. The molecule has 54 heavy (non-hydrogen) atoms. The van der Waals surface area contributed by atoms with E-state index in [2.05, 4.69) is 21.2 Å². The smallest absolute Gasteiger partial charge is 0.459 e. The molecule has 0 bridgehead atoms. The number of hydrogen-bond acceptors (Lipinski definition) is 14. The Kier molecular flexibility index (Phi) is 9.32. The SMILES string of the molecule is CC(=O)O[C@@H]1[C@@]2(OC(C)=O)C(OP(=O)(N[C@@H](C)C(=O)OC3CC4(CCCC4)C3)Oc3ccc(C(C)(C)C)cc3)[C@H]2O[C@@]1(C#N)c1ccc2c(N)ncnn12. The van der Waals surface area contributed by atoms with Crippen molar-refractivity contribution in [1.82, 2.24) is 19.7 Å². The van der Waals surface area contributed by atoms with Gasteiger partial charge in [0.25, 0.3) is 0 Å². The van der Waals surface area contributed by atoms with Crippen molar-refractivity contribution in [3.8, 4) is 11.8 Å². The molecular weight excluding hydrogens is 719 g/mol. The summed E-state index contributed by atoms with van der Waals surface area (Å²) in [7, 11) is -4.61. The third-order valence-corrected chi connectivity index (χ3v) is 12.6. The highest BCUT2D eigenvalue weighted by molar-refractivity contribution is 7.52. The lowest BCUT2D eigenvalue weighted by Crippen LogP contribution is -2.51. The summed E-state index contributed by atoms with van der Waals surface area (Å²) in [5, 5.41) is 17.7. The van der Waals surface area contributed by atoms with E-state index in [0.29, 0.717) is 5.52 Å². The Bertz CT molecular complexity index is 2060. The predicted molar refractivity (Wildman–Crippen MR) is 190 cm³/mol. The standard InChI is InChI=1S/C37H45N6O10P/c1-21(32(46)49-26-17-35(18-26)15-7-8-16-35)42-54(47,52-25-11-9-24(10-12-25)34(4,5)6)53-30-29-37(30,50-23(3)45)33(48-22(2)44)36(19-38,51-29)28-14-13-27-31(39)40-20-41-43(27)28/h9-14,20-21,26,29-30,33H,7-8,15-18H2,1-6H3,(H,42,47)(H2,39,40,41)/t21-,29+,30?,33-,36-,37-,54?/m0/s1. The van der Waals surface area contributed by atoms with E-state index < -0.39 is 61.2 Å². The van der Waals surface area contributed by atoms with E-state index in [0.717, 1.165) is 45.1 Å². The zero-order valence-electron chi connectivity index (χ0n) is 31.1. The maximum Gasteiger partial charge on any atom is 0.459 e. The van der Waals surface area contributed by atoms with Crippen molar-refractivity contribution >= 4 is 37.0 Å². The number of nitriles is 1. The molecule has 288 valence electrons. The first-order chi connectivity index (χ1) is 25.4. The number of fused-ring (bicyclic) bond motifs is 2. The van der Waals surface area contributed by atoms with E-state index in [1.54, 1.807) is 18.2 Å². The van der Waals surface area contributed by atoms with Crippen LogP contribution in [0.3, 0.4) is 0 Å². The van der Waals surface area contributed by atoms with Gasteiger partial charge in [0, 0.05) is 13.8 Å². The van der Waals surface area contributed by atoms with Crippen molar-refractivity contribution < 1.29 is 46.9 Å². The molecule has 4 aliphatic rings. The van der Waals surface area contributed by atoms with Gasteiger partial charge in [-0.25, -0.2) is 14.1 Å². The Morgan fingerprint density at radius 1 is 1.07 bits per heavy atom. The highest BCUT2D eigenvalue weighted by atomic mass is 31.2. The van der Waals surface area contributed by atoms with Crippen molar-refractivity contribution in [3.63, 3.8) is 0 Å². The van der Waals surface area contributed by atoms with Crippen LogP contribution in [0.4, 0.5) is 5.82 Å². The summed E-state index contributed by atoms with van der Waals surface area (Å²) >= 11 is 0. The molecule has 17 heteroatoms. The maximum absolute atomic E-state index is 14.9. The third kappa shape index (κ3) is 6.51. The monoisotopic (exact) mass is 764 g/mol. The first-order valence-corrected chi connectivity index (χ1v) is 19.6. The van der Waals surface area contributed by atoms with Crippen LogP contribution >= 0.6 is 7.75 Å². The molecule has 16 nitrogen and oxygen atoms in total. The minimum atomic E-state index is -4.61. The molecule has 2 aromatic heterocycles. The molecule has 1 aliphatic heterocycles. The van der Waals surface area contributed by atoms with E-state index in [4.69, 9.17) is 33.7 Å². The molecular formula is C37H45N6O10P. The number of rotatable bonds is 11. The largest absolute Gasteiger partial charge is 0.461 e. The van der Waals surface area contributed by atoms with E-state index >= 15 is 0 Å². The fourth-order valence-corrected chi connectivity index (χ4v) is 9.99. The van der Waals surface area contributed by atoms with Gasteiger partial charge in [0.2, 0.25) is 11.2 Å². The van der Waals surface area contributed by atoms with Crippen LogP contribution < -0.4 is 15.3 Å². The second kappa shape index (κ2) is 13.3. The number of hydrogen-bond donors (Lipinski definition) is 2. The Morgan fingerprint density at radius 2 is 1.76 bits per heavy atom. The normalized spacial score (nSPS) is 28.6. The summed E-state index contributed by atoms with van der Waals surface area (Å²) in [6, 6.07) is 10.9. The predicted octanol–water partition coefficient (Wildman–Crippen LogP) is 4.79. The van der Waals surface area contributed by atoms with Crippen LogP contribution in [-0.2, 0) is 53.4 Å². The lowest BCUT2D eigenvalue weighted by atomic mass is 9.65. The van der Waals surface area contributed by atoms with Gasteiger partial charge in [-0.1, -0.05) is 45.7 Å². The zero-order valence-corrected chi connectivity index (χ0v) is 32.0. The van der Waals surface area contributed by atoms with Crippen LogP contribution in [0.2, 0.25) is 0 Å². The molecule has 1 aromatic carbocycles. The van der Waals surface area contributed by atoms with Gasteiger partial charge in [0.1, 0.15) is 48.0 Å². The number of aromatic nitrogens is 3. The maximum atomic E-state index is 14.9. The second-order valence-corrected chi connectivity index (χ2v) is 17.5. The van der Waals surface area contributed by atoms with Crippen LogP contribution in [0.25, 0.3) is 5.52 Å². The molecule has 3 aromatic rings. The number of nitrogens with two attached hydrogens (primary N) is 1. The van der Waals surface area contributed by atoms with Crippen LogP contribution in [0.15, 0.2) is 42.7 Å². The van der Waals surface area contributed by atoms with Crippen LogP contribution in [0.1, 0.15) is 91.3 Å². The summed E-state index contributed by atoms with van der Waals surface area (Å²) in [6.07, 6.45) is 2.72. The number of carbonyl (C=O) groups excluding carboxylic acids is 3. The minimum absolute atomic E-state index is 0.0982. The molecule has 1 saturated heterocycles. The summed E-state index contributed by atoms with van der Waals surface area (Å²) in [5.41, 5.74) is 3.42. The Hall–Kier alpha value is -4.55. The third-order valence-electron chi connectivity index (χ3n) is 11.0. The molecule has 7 rings (SSSR count). The zero-order chi connectivity index (χ0) is 38.8. The van der Waals surface area contributed by atoms with E-state index in [1.165, 1.54) is 36.7 Å². The molecule has 2 unspecified atom stereocenters. The Labute approximate surface area is 312 Å². The van der Waals surface area contributed by atoms with Gasteiger partial charge in [-0.15, -0.1) is 0 Å². The number of nitrogen functional groups attached to an aromatic ring is 1. The summed E-state index contributed by atoms with van der Waals surface area (Å²) in [6.45, 7) is 9.85. The topological polar surface area (TPSA) is 216 Å². The quantitative estimate of drug-likeness (QED) is 0.152. The average Bonchev–Trinajstić information content (AvgIpc) is 3.54. The number of benzene rings is 1. The molecule has 3 saturated carbocycles. The van der Waals surface area contributed by atoms with Crippen molar-refractivity contribution in [3.05, 3.63) is 54.0 Å². The van der Waals surface area contributed by atoms with E-state index in [9.17, 15) is 24.2 Å². The van der Waals surface area contributed by atoms with Crippen LogP contribution in [-0.4, -0.2) is 68.6 Å². The highest BCUT2D eigenvalue weighted by Crippen LogP contribution is 2.66. The molecule has 0 amide bonds. The van der Waals surface area contributed by atoms with E-state index in [1.807, 2.05) is 32.9 Å². The van der Waals surface area contributed by atoms with Crippen LogP contribution in [0.5, 0.6) is 5.75 Å². The van der Waals surface area contributed by atoms with E-state index in [-0.39, 0.29) is 34.2 Å². The van der Waals surface area contributed by atoms with Crippen molar-refractivity contribution in [1.29, 1.82) is 5.26 Å². The number of esters is 3. The number of carbonyl (C=O) groups is 3. The fourth-order valence-electron chi connectivity index (χ4n) is 8.28. The molecule has 1 spiro atoms. The van der Waals surface area contributed by atoms with Gasteiger partial charge < -0.3 is 29.2 Å². The molecule has 7 atom stereocenters. The molecule has 3 aliphatic carbocycles. The minimum Gasteiger partial charge on any atom is -0.461 e. The molecule has 3 N–H and O–H groups in total. The summed E-state index contributed by atoms with van der Waals surface area (Å²) in [5.74, 6) is -2.05.